The highest BCUT2D eigenvalue weighted by atomic mass is 16.6. The van der Waals surface area contributed by atoms with E-state index >= 15 is 0 Å². The molecule has 0 amide bonds. The van der Waals surface area contributed by atoms with Gasteiger partial charge in [-0.25, -0.2) is 9.59 Å². The van der Waals surface area contributed by atoms with E-state index in [4.69, 9.17) is 18.6 Å². The van der Waals surface area contributed by atoms with Crippen molar-refractivity contribution in [2.45, 2.75) is 6.42 Å². The van der Waals surface area contributed by atoms with Gasteiger partial charge in [0.15, 0.2) is 0 Å². The Labute approximate surface area is 210 Å². The van der Waals surface area contributed by atoms with Crippen molar-refractivity contribution in [3.8, 4) is 11.5 Å². The van der Waals surface area contributed by atoms with Gasteiger partial charge in [-0.15, -0.1) is 0 Å². The fourth-order valence-electron chi connectivity index (χ4n) is 4.38. The van der Waals surface area contributed by atoms with Crippen LogP contribution in [0.3, 0.4) is 0 Å². The predicted octanol–water partition coefficient (Wildman–Crippen LogP) is 5.66. The number of fused-ring (bicyclic) bond motifs is 4. The second-order valence-corrected chi connectivity index (χ2v) is 8.62. The second-order valence-electron chi connectivity index (χ2n) is 8.62. The van der Waals surface area contributed by atoms with Gasteiger partial charge in [0.1, 0.15) is 35.9 Å². The van der Waals surface area contributed by atoms with E-state index in [1.54, 1.807) is 48.5 Å². The fraction of sp³-hybridized carbons (Fsp3) is 0.100. The maximum Gasteiger partial charge on any atom is 0.338 e. The molecule has 0 N–H and O–H groups in total. The molecule has 0 spiro atoms. The average Bonchev–Trinajstić information content (AvgIpc) is 2.93. The Bertz CT molecular complexity index is 1750. The van der Waals surface area contributed by atoms with E-state index in [1.807, 2.05) is 24.3 Å². The van der Waals surface area contributed by atoms with Gasteiger partial charge in [0.25, 0.3) is 0 Å². The monoisotopic (exact) mass is 492 g/mol. The first-order valence-electron chi connectivity index (χ1n) is 11.8. The van der Waals surface area contributed by atoms with E-state index in [1.165, 1.54) is 12.1 Å². The van der Waals surface area contributed by atoms with Crippen LogP contribution in [-0.4, -0.2) is 25.2 Å². The third-order valence-electron chi connectivity index (χ3n) is 6.23. The van der Waals surface area contributed by atoms with Crippen molar-refractivity contribution < 1.29 is 28.2 Å². The third kappa shape index (κ3) is 4.31. The van der Waals surface area contributed by atoms with Crippen molar-refractivity contribution in [2.75, 3.05) is 13.2 Å². The van der Waals surface area contributed by atoms with E-state index < -0.39 is 11.9 Å². The zero-order valence-electron chi connectivity index (χ0n) is 19.6. The Kier molecular flexibility index (Phi) is 5.65. The minimum absolute atomic E-state index is 0.110. The molecule has 0 bridgehead atoms. The number of benzene rings is 4. The first-order chi connectivity index (χ1) is 18.1. The lowest BCUT2D eigenvalue weighted by molar-refractivity contribution is 0.0265. The highest BCUT2D eigenvalue weighted by Crippen LogP contribution is 2.36. The molecule has 1 aliphatic rings. The molecule has 7 nitrogen and oxygen atoms in total. The van der Waals surface area contributed by atoms with Gasteiger partial charge < -0.3 is 18.6 Å². The predicted molar refractivity (Wildman–Crippen MR) is 136 cm³/mol. The van der Waals surface area contributed by atoms with Crippen LogP contribution in [0.25, 0.3) is 21.9 Å². The van der Waals surface area contributed by atoms with Crippen molar-refractivity contribution in [1.82, 2.24) is 0 Å². The van der Waals surface area contributed by atoms with Crippen molar-refractivity contribution >= 4 is 33.9 Å². The summed E-state index contributed by atoms with van der Waals surface area (Å²) < 4.78 is 22.2. The van der Waals surface area contributed by atoms with Gasteiger partial charge in [-0.3, -0.25) is 4.79 Å². The molecule has 1 aromatic heterocycles. The summed E-state index contributed by atoms with van der Waals surface area (Å²) >= 11 is 0. The highest BCUT2D eigenvalue weighted by molar-refractivity contribution is 5.96. The lowest BCUT2D eigenvalue weighted by Crippen LogP contribution is -2.15. The Hall–Kier alpha value is -4.91. The van der Waals surface area contributed by atoms with Crippen LogP contribution in [0.2, 0.25) is 0 Å². The molecular formula is C30H20O7. The molecule has 6 rings (SSSR count). The molecule has 1 aliphatic heterocycles. The molecule has 182 valence electrons. The first-order valence-corrected chi connectivity index (χ1v) is 11.8. The Balaban J connectivity index is 1.08. The molecule has 7 heteroatoms. The number of esters is 2. The molecule has 0 unspecified atom stereocenters. The summed E-state index contributed by atoms with van der Waals surface area (Å²) in [7, 11) is 0. The summed E-state index contributed by atoms with van der Waals surface area (Å²) in [6.07, 6.45) is 0.657. The van der Waals surface area contributed by atoms with E-state index in [0.717, 1.165) is 16.9 Å². The van der Waals surface area contributed by atoms with E-state index in [0.29, 0.717) is 39.7 Å². The molecule has 0 radical (unpaired) electrons. The molecule has 2 heterocycles. The van der Waals surface area contributed by atoms with Gasteiger partial charge in [-0.1, -0.05) is 30.3 Å². The average molecular weight is 492 g/mol. The molecule has 37 heavy (non-hydrogen) atoms. The van der Waals surface area contributed by atoms with E-state index in [2.05, 4.69) is 0 Å². The van der Waals surface area contributed by atoms with Gasteiger partial charge in [-0.05, 0) is 60.2 Å². The highest BCUT2D eigenvalue weighted by Gasteiger charge is 2.19. The van der Waals surface area contributed by atoms with Crippen LogP contribution in [0.4, 0.5) is 0 Å². The number of para-hydroxylation sites is 2. The SMILES string of the molecule is O=C(OCCOC(=O)c1ccc2oc3ccccc3c(=O)c2c1)c1ccc2c(c1)Cc1ccccc1O2. The fourth-order valence-corrected chi connectivity index (χ4v) is 4.38. The van der Waals surface area contributed by atoms with Crippen LogP contribution in [0.1, 0.15) is 31.8 Å². The molecular weight excluding hydrogens is 472 g/mol. The molecule has 0 atom stereocenters. The van der Waals surface area contributed by atoms with Gasteiger partial charge in [0, 0.05) is 12.0 Å². The topological polar surface area (TPSA) is 92.0 Å². The standard InChI is InChI=1S/C30H20O7/c31-28-22-6-2-4-8-26(22)37-27-12-10-20(17-23(27)28)30(33)35-14-13-34-29(32)19-9-11-25-21(16-19)15-18-5-1-3-7-24(18)36-25/h1-12,16-17H,13-15H2. The van der Waals surface area contributed by atoms with Crippen LogP contribution in [0.5, 0.6) is 11.5 Å². The van der Waals surface area contributed by atoms with E-state index in [-0.39, 0.29) is 24.2 Å². The van der Waals surface area contributed by atoms with Crippen LogP contribution < -0.4 is 10.2 Å². The minimum Gasteiger partial charge on any atom is -0.458 e. The minimum atomic E-state index is -0.630. The summed E-state index contributed by atoms with van der Waals surface area (Å²) in [5, 5.41) is 0.726. The third-order valence-corrected chi connectivity index (χ3v) is 6.23. The Morgan fingerprint density at radius 1 is 0.676 bits per heavy atom. The zero-order chi connectivity index (χ0) is 25.4. The zero-order valence-corrected chi connectivity index (χ0v) is 19.6. The molecule has 0 saturated carbocycles. The quantitative estimate of drug-likeness (QED) is 0.174. The van der Waals surface area contributed by atoms with E-state index in [9.17, 15) is 14.4 Å². The molecule has 5 aromatic rings. The van der Waals surface area contributed by atoms with Crippen molar-refractivity contribution in [2.24, 2.45) is 0 Å². The number of carbonyl (C=O) groups excluding carboxylic acids is 2. The Morgan fingerprint density at radius 3 is 2.16 bits per heavy atom. The summed E-state index contributed by atoms with van der Waals surface area (Å²) in [5.74, 6) is 0.373. The summed E-state index contributed by atoms with van der Waals surface area (Å²) in [6, 6.07) is 24.4. The van der Waals surface area contributed by atoms with Crippen LogP contribution >= 0.6 is 0 Å². The molecule has 0 fully saturated rings. The number of ether oxygens (including phenoxy) is 3. The summed E-state index contributed by atoms with van der Waals surface area (Å²) in [5.41, 5.74) is 3.18. The summed E-state index contributed by atoms with van der Waals surface area (Å²) in [6.45, 7) is -0.238. The normalized spacial score (nSPS) is 11.9. The lowest BCUT2D eigenvalue weighted by Gasteiger charge is -2.20. The Morgan fingerprint density at radius 2 is 1.32 bits per heavy atom. The molecule has 4 aromatic carbocycles. The molecule has 0 aliphatic carbocycles. The van der Waals surface area contributed by atoms with Gasteiger partial charge >= 0.3 is 11.9 Å². The first kappa shape index (κ1) is 22.5. The van der Waals surface area contributed by atoms with Gasteiger partial charge in [0.05, 0.1) is 21.9 Å². The second kappa shape index (κ2) is 9.28. The number of carbonyl (C=O) groups is 2. The van der Waals surface area contributed by atoms with Crippen molar-refractivity contribution in [1.29, 1.82) is 0 Å². The molecule has 0 saturated heterocycles. The largest absolute Gasteiger partial charge is 0.458 e. The maximum absolute atomic E-state index is 12.8. The number of rotatable bonds is 5. The van der Waals surface area contributed by atoms with Crippen LogP contribution in [-0.2, 0) is 15.9 Å². The van der Waals surface area contributed by atoms with Crippen molar-refractivity contribution in [3.63, 3.8) is 0 Å². The number of hydrogen-bond acceptors (Lipinski definition) is 7. The lowest BCUT2D eigenvalue weighted by atomic mass is 9.98. The maximum atomic E-state index is 12.8. The summed E-state index contributed by atoms with van der Waals surface area (Å²) in [4.78, 5) is 37.9. The van der Waals surface area contributed by atoms with Gasteiger partial charge in [-0.2, -0.15) is 0 Å². The van der Waals surface area contributed by atoms with Crippen LogP contribution in [0, 0.1) is 0 Å². The van der Waals surface area contributed by atoms with Crippen LogP contribution in [0.15, 0.2) is 94.1 Å². The smallest absolute Gasteiger partial charge is 0.338 e. The number of hydrogen-bond donors (Lipinski definition) is 0. The van der Waals surface area contributed by atoms with Crippen molar-refractivity contribution in [3.05, 3.63) is 117 Å². The van der Waals surface area contributed by atoms with Gasteiger partial charge in [0.2, 0.25) is 5.43 Å².